The maximum atomic E-state index is 14.0. The summed E-state index contributed by atoms with van der Waals surface area (Å²) in [6.45, 7) is 6.12. The molecule has 0 heterocycles. The molecule has 1 N–H and O–H groups in total. The van der Waals surface area contributed by atoms with Crippen LogP contribution in [0.2, 0.25) is 0 Å². The lowest BCUT2D eigenvalue weighted by molar-refractivity contribution is 0.420. The van der Waals surface area contributed by atoms with Crippen LogP contribution in [-0.2, 0) is 6.42 Å². The van der Waals surface area contributed by atoms with Gasteiger partial charge >= 0.3 is 0 Å². The normalized spacial score (nSPS) is 19.9. The molecule has 88 valence electrons. The van der Waals surface area contributed by atoms with Crippen LogP contribution < -0.4 is 0 Å². The van der Waals surface area contributed by atoms with Crippen molar-refractivity contribution in [3.05, 3.63) is 28.6 Å². The van der Waals surface area contributed by atoms with Crippen molar-refractivity contribution in [3.8, 4) is 5.75 Å². The summed E-state index contributed by atoms with van der Waals surface area (Å²) in [5, 5.41) is 9.62. The monoisotopic (exact) mass is 222 g/mol. The van der Waals surface area contributed by atoms with Gasteiger partial charge in [-0.1, -0.05) is 20.8 Å². The van der Waals surface area contributed by atoms with Gasteiger partial charge in [0.05, 0.1) is 0 Å². The molecule has 0 radical (unpaired) electrons. The van der Waals surface area contributed by atoms with Crippen molar-refractivity contribution in [2.75, 3.05) is 0 Å². The molecular formula is C14H19FO. The number of halogens is 1. The highest BCUT2D eigenvalue weighted by molar-refractivity contribution is 5.47. The fourth-order valence-corrected chi connectivity index (χ4v) is 2.83. The quantitative estimate of drug-likeness (QED) is 0.758. The highest BCUT2D eigenvalue weighted by Gasteiger charge is 2.25. The van der Waals surface area contributed by atoms with Gasteiger partial charge in [-0.3, -0.25) is 0 Å². The number of hydrogen-bond acceptors (Lipinski definition) is 1. The minimum atomic E-state index is -0.414. The summed E-state index contributed by atoms with van der Waals surface area (Å²) in [5.74, 6) is -0.0586. The molecule has 0 fully saturated rings. The van der Waals surface area contributed by atoms with E-state index in [1.165, 1.54) is 0 Å². The molecule has 1 aromatic carbocycles. The van der Waals surface area contributed by atoms with Crippen LogP contribution in [-0.4, -0.2) is 5.11 Å². The summed E-state index contributed by atoms with van der Waals surface area (Å²) >= 11 is 0. The van der Waals surface area contributed by atoms with Crippen molar-refractivity contribution in [1.29, 1.82) is 0 Å². The standard InChI is InChI=1S/C14H19FO/c1-8(2)12-13-9(3)5-4-6-10(13)7-11(16)14(12)15/h7-9,16H,4-6H2,1-3H3. The van der Waals surface area contributed by atoms with Gasteiger partial charge in [-0.15, -0.1) is 0 Å². The van der Waals surface area contributed by atoms with Gasteiger partial charge in [0.25, 0.3) is 0 Å². The molecular weight excluding hydrogens is 203 g/mol. The van der Waals surface area contributed by atoms with Gasteiger partial charge in [-0.05, 0) is 53.9 Å². The van der Waals surface area contributed by atoms with Crippen molar-refractivity contribution in [3.63, 3.8) is 0 Å². The third-order valence-corrected chi connectivity index (χ3v) is 3.56. The van der Waals surface area contributed by atoms with E-state index in [2.05, 4.69) is 6.92 Å². The van der Waals surface area contributed by atoms with Gasteiger partial charge in [0.2, 0.25) is 0 Å². The first-order valence-corrected chi connectivity index (χ1v) is 6.06. The van der Waals surface area contributed by atoms with Crippen molar-refractivity contribution < 1.29 is 9.50 Å². The number of rotatable bonds is 1. The third-order valence-electron chi connectivity index (χ3n) is 3.56. The zero-order chi connectivity index (χ0) is 11.9. The van der Waals surface area contributed by atoms with E-state index in [-0.39, 0.29) is 11.7 Å². The number of aryl methyl sites for hydroxylation is 1. The Bertz CT molecular complexity index is 410. The zero-order valence-electron chi connectivity index (χ0n) is 10.2. The maximum absolute atomic E-state index is 14.0. The fourth-order valence-electron chi connectivity index (χ4n) is 2.83. The van der Waals surface area contributed by atoms with Crippen LogP contribution >= 0.6 is 0 Å². The molecule has 2 heteroatoms. The predicted molar refractivity (Wildman–Crippen MR) is 63.5 cm³/mol. The Hall–Kier alpha value is -1.05. The Morgan fingerprint density at radius 1 is 1.44 bits per heavy atom. The SMILES string of the molecule is CC(C)c1c(F)c(O)cc2c1C(C)CCC2. The molecule has 2 rings (SSSR count). The topological polar surface area (TPSA) is 20.2 Å². The minimum absolute atomic E-state index is 0.126. The molecule has 0 saturated heterocycles. The summed E-state index contributed by atoms with van der Waals surface area (Å²) < 4.78 is 14.0. The van der Waals surface area contributed by atoms with E-state index in [0.717, 1.165) is 36.0 Å². The summed E-state index contributed by atoms with van der Waals surface area (Å²) in [7, 11) is 0. The second kappa shape index (κ2) is 4.08. The molecule has 0 spiro atoms. The van der Waals surface area contributed by atoms with Crippen molar-refractivity contribution in [2.45, 2.75) is 51.9 Å². The lowest BCUT2D eigenvalue weighted by atomic mass is 9.78. The molecule has 1 aliphatic carbocycles. The van der Waals surface area contributed by atoms with Gasteiger partial charge in [-0.25, -0.2) is 4.39 Å². The lowest BCUT2D eigenvalue weighted by Crippen LogP contribution is -2.13. The van der Waals surface area contributed by atoms with Crippen LogP contribution in [0.15, 0.2) is 6.07 Å². The number of phenolic OH excluding ortho intramolecular Hbond substituents is 1. The second-order valence-corrected chi connectivity index (χ2v) is 5.14. The fraction of sp³-hybridized carbons (Fsp3) is 0.571. The van der Waals surface area contributed by atoms with Crippen molar-refractivity contribution in [2.24, 2.45) is 0 Å². The molecule has 1 nitrogen and oxygen atoms in total. The van der Waals surface area contributed by atoms with Crippen molar-refractivity contribution >= 4 is 0 Å². The molecule has 16 heavy (non-hydrogen) atoms. The summed E-state index contributed by atoms with van der Waals surface area (Å²) in [6, 6.07) is 1.62. The summed E-state index contributed by atoms with van der Waals surface area (Å²) in [5.41, 5.74) is 3.01. The van der Waals surface area contributed by atoms with E-state index in [4.69, 9.17) is 0 Å². The molecule has 1 aliphatic rings. The van der Waals surface area contributed by atoms with E-state index in [9.17, 15) is 9.50 Å². The summed E-state index contributed by atoms with van der Waals surface area (Å²) in [6.07, 6.45) is 3.22. The zero-order valence-corrected chi connectivity index (χ0v) is 10.2. The van der Waals surface area contributed by atoms with E-state index in [0.29, 0.717) is 5.92 Å². The largest absolute Gasteiger partial charge is 0.505 e. The van der Waals surface area contributed by atoms with Gasteiger partial charge < -0.3 is 5.11 Å². The van der Waals surface area contributed by atoms with E-state index in [1.807, 2.05) is 13.8 Å². The number of benzene rings is 1. The molecule has 0 aromatic heterocycles. The molecule has 0 saturated carbocycles. The van der Waals surface area contributed by atoms with Gasteiger partial charge in [0, 0.05) is 0 Å². The average Bonchev–Trinajstić information content (AvgIpc) is 2.20. The second-order valence-electron chi connectivity index (χ2n) is 5.14. The van der Waals surface area contributed by atoms with Gasteiger partial charge in [-0.2, -0.15) is 0 Å². The minimum Gasteiger partial charge on any atom is -0.505 e. The number of fused-ring (bicyclic) bond motifs is 1. The van der Waals surface area contributed by atoms with Gasteiger partial charge in [0.1, 0.15) is 0 Å². The van der Waals surface area contributed by atoms with Crippen LogP contribution in [0, 0.1) is 5.82 Å². The van der Waals surface area contributed by atoms with E-state index in [1.54, 1.807) is 6.07 Å². The Balaban J connectivity index is 2.68. The lowest BCUT2D eigenvalue weighted by Gasteiger charge is -2.27. The molecule has 0 aliphatic heterocycles. The maximum Gasteiger partial charge on any atom is 0.168 e. The van der Waals surface area contributed by atoms with Gasteiger partial charge in [0.15, 0.2) is 11.6 Å². The van der Waals surface area contributed by atoms with Crippen LogP contribution in [0.5, 0.6) is 5.75 Å². The first-order valence-electron chi connectivity index (χ1n) is 6.06. The molecule has 1 atom stereocenters. The van der Waals surface area contributed by atoms with Crippen LogP contribution in [0.25, 0.3) is 0 Å². The summed E-state index contributed by atoms with van der Waals surface area (Å²) in [4.78, 5) is 0. The smallest absolute Gasteiger partial charge is 0.168 e. The Morgan fingerprint density at radius 3 is 2.75 bits per heavy atom. The molecule has 1 aromatic rings. The van der Waals surface area contributed by atoms with Crippen molar-refractivity contribution in [1.82, 2.24) is 0 Å². The number of aromatic hydroxyl groups is 1. The van der Waals surface area contributed by atoms with Crippen LogP contribution in [0.3, 0.4) is 0 Å². The molecule has 1 unspecified atom stereocenters. The van der Waals surface area contributed by atoms with Crippen LogP contribution in [0.1, 0.15) is 62.1 Å². The van der Waals surface area contributed by atoms with E-state index < -0.39 is 5.82 Å². The Labute approximate surface area is 96.3 Å². The Kier molecular flexibility index (Phi) is 2.92. The number of hydrogen-bond donors (Lipinski definition) is 1. The highest BCUT2D eigenvalue weighted by atomic mass is 19.1. The van der Waals surface area contributed by atoms with E-state index >= 15 is 0 Å². The Morgan fingerprint density at radius 2 is 2.12 bits per heavy atom. The highest BCUT2D eigenvalue weighted by Crippen LogP contribution is 2.40. The molecule has 0 amide bonds. The number of phenols is 1. The predicted octanol–water partition coefficient (Wildman–Crippen LogP) is 4.09. The van der Waals surface area contributed by atoms with Crippen LogP contribution in [0.4, 0.5) is 4.39 Å². The average molecular weight is 222 g/mol. The first kappa shape index (κ1) is 11.4. The first-order chi connectivity index (χ1) is 7.52. The molecule has 0 bridgehead atoms. The third kappa shape index (κ3) is 1.70.